The summed E-state index contributed by atoms with van der Waals surface area (Å²) in [5, 5.41) is 15.3. The number of hydrogen-bond acceptors (Lipinski definition) is 13. The molecule has 20 heteroatoms. The van der Waals surface area contributed by atoms with Crippen molar-refractivity contribution in [2.45, 2.75) is 70.7 Å². The fourth-order valence-electron chi connectivity index (χ4n) is 10.8. The van der Waals surface area contributed by atoms with Crippen molar-refractivity contribution in [1.29, 1.82) is 0 Å². The Morgan fingerprint density at radius 1 is 0.824 bits per heavy atom. The van der Waals surface area contributed by atoms with E-state index in [0.717, 1.165) is 44.9 Å². The minimum Gasteiger partial charge on any atom is -0.380 e. The van der Waals surface area contributed by atoms with Gasteiger partial charge in [-0.05, 0) is 105 Å². The number of anilines is 3. The number of imidazole rings is 1. The molecule has 0 bridgehead atoms. The third-order valence-corrected chi connectivity index (χ3v) is 14.2. The Hall–Kier alpha value is -8.49. The number of imide groups is 2. The summed E-state index contributed by atoms with van der Waals surface area (Å²) in [5.74, 6) is -3.79. The van der Waals surface area contributed by atoms with Crippen molar-refractivity contribution in [2.24, 2.45) is 0 Å². The molecule has 0 spiro atoms. The highest BCUT2D eigenvalue weighted by Gasteiger charge is 2.46. The first-order valence-corrected chi connectivity index (χ1v) is 24.4. The number of halogens is 2. The van der Waals surface area contributed by atoms with Crippen molar-refractivity contribution in [1.82, 2.24) is 40.1 Å². The molecule has 4 aliphatic rings. The number of rotatable bonds is 12. The number of nitrogens with one attached hydrogen (secondary N) is 4. The van der Waals surface area contributed by atoms with Gasteiger partial charge in [0.1, 0.15) is 11.6 Å². The van der Waals surface area contributed by atoms with E-state index in [2.05, 4.69) is 40.9 Å². The van der Waals surface area contributed by atoms with E-state index in [1.807, 2.05) is 68.4 Å². The number of benzene rings is 4. The molecule has 7 aromatic rings. The molecule has 3 saturated heterocycles. The molecule has 6 amide bonds. The van der Waals surface area contributed by atoms with E-state index in [1.54, 1.807) is 23.2 Å². The molecule has 0 saturated carbocycles. The molecular weight excluding hydrogens is 953 g/mol. The van der Waals surface area contributed by atoms with Crippen molar-refractivity contribution in [2.75, 3.05) is 41.7 Å². The molecule has 3 fully saturated rings. The number of nitrogens with zero attached hydrogens (tertiary/aromatic N) is 7. The molecule has 11 rings (SSSR count). The van der Waals surface area contributed by atoms with E-state index in [0.29, 0.717) is 78.5 Å². The average Bonchev–Trinajstić information content (AvgIpc) is 4.03. The van der Waals surface area contributed by atoms with E-state index >= 15 is 0 Å². The Balaban J connectivity index is 0.784. The van der Waals surface area contributed by atoms with E-state index < -0.39 is 47.5 Å². The maximum absolute atomic E-state index is 14.7. The van der Waals surface area contributed by atoms with E-state index in [-0.39, 0.29) is 60.7 Å². The Kier molecular flexibility index (Phi) is 12.6. The largest absolute Gasteiger partial charge is 0.380 e. The second-order valence-corrected chi connectivity index (χ2v) is 18.9. The van der Waals surface area contributed by atoms with Crippen molar-refractivity contribution in [3.63, 3.8) is 0 Å². The molecule has 4 aliphatic heterocycles. The number of aromatic nitrogens is 4. The minimum absolute atomic E-state index is 0.0627. The molecular formula is C54H49F2N11O7. The predicted octanol–water partition coefficient (Wildman–Crippen LogP) is 6.96. The van der Waals surface area contributed by atoms with E-state index in [1.165, 1.54) is 12.1 Å². The lowest BCUT2D eigenvalue weighted by Gasteiger charge is -2.38. The van der Waals surface area contributed by atoms with Crippen molar-refractivity contribution >= 4 is 63.5 Å². The van der Waals surface area contributed by atoms with Crippen LogP contribution < -0.4 is 26.2 Å². The number of pyridine rings is 1. The molecule has 2 atom stereocenters. The fourth-order valence-corrected chi connectivity index (χ4v) is 10.8. The van der Waals surface area contributed by atoms with Gasteiger partial charge in [0.05, 0.1) is 58.4 Å². The van der Waals surface area contributed by atoms with Crippen molar-refractivity contribution in [3.05, 3.63) is 143 Å². The Morgan fingerprint density at radius 2 is 1.62 bits per heavy atom. The zero-order valence-electron chi connectivity index (χ0n) is 40.3. The Labute approximate surface area is 422 Å². The topological polar surface area (TPSA) is 217 Å². The number of piperidine rings is 2. The lowest BCUT2D eigenvalue weighted by molar-refractivity contribution is -0.136. The van der Waals surface area contributed by atoms with Gasteiger partial charge < -0.3 is 24.6 Å². The SMILES string of the molecule is Cc1noc(C)c1-c1ccc2c(c1)nc([C@@H]1CCCC(=O)N1c1ccc(F)c(F)c1)n2C1CCN(CC(=O)Nc2ccccc2-c2cc(CNc3cccc4c3C(=O)N(C3NCC(=O)NC3=O)C4=O)ccn2)CC1. The number of amides is 6. The van der Waals surface area contributed by atoms with Gasteiger partial charge >= 0.3 is 0 Å². The maximum Gasteiger partial charge on any atom is 0.265 e. The number of para-hydroxylation sites is 1. The van der Waals surface area contributed by atoms with Gasteiger partial charge in [0, 0.05) is 66.9 Å². The van der Waals surface area contributed by atoms with Gasteiger partial charge in [-0.3, -0.25) is 49.3 Å². The first-order valence-electron chi connectivity index (χ1n) is 24.4. The molecule has 0 aliphatic carbocycles. The molecule has 7 heterocycles. The summed E-state index contributed by atoms with van der Waals surface area (Å²) in [6, 6.07) is 24.8. The van der Waals surface area contributed by atoms with Gasteiger partial charge in [-0.25, -0.2) is 18.7 Å². The van der Waals surface area contributed by atoms with Gasteiger partial charge in [-0.1, -0.05) is 35.5 Å². The lowest BCUT2D eigenvalue weighted by atomic mass is 9.98. The number of carbonyl (C=O) groups is 6. The van der Waals surface area contributed by atoms with Crippen LogP contribution in [0.15, 0.2) is 102 Å². The molecule has 18 nitrogen and oxygen atoms in total. The Bertz CT molecular complexity index is 3440. The summed E-state index contributed by atoms with van der Waals surface area (Å²) >= 11 is 0. The zero-order valence-corrected chi connectivity index (χ0v) is 40.3. The third kappa shape index (κ3) is 8.84. The standard InChI is InChI=1S/C54H49F2N11O7/c1-29-48(30(2)74-63-29)32-13-16-43-42(24-32)61-50(44-11-6-12-47(70)65(44)34-14-15-37(55)38(56)25-34)66(43)33-18-21-64(22-19-33)28-46(69)60-39-9-4-3-7-35(39)41-23-31(17-20-57-41)26-58-40-10-5-8-36-49(40)54(73)67(53(36)72)51-52(71)62-45(68)27-59-51/h3-5,7-10,13-17,20,23-25,33,44,51,58-59H,6,11-12,18-19,21-22,26-28H2,1-2H3,(H,60,69)(H,62,68,71)/t44-,51?/m0/s1. The molecule has 376 valence electrons. The second-order valence-electron chi connectivity index (χ2n) is 18.9. The molecule has 0 radical (unpaired) electrons. The van der Waals surface area contributed by atoms with Crippen LogP contribution in [0.25, 0.3) is 33.4 Å². The van der Waals surface area contributed by atoms with Crippen molar-refractivity contribution in [3.8, 4) is 22.4 Å². The smallest absolute Gasteiger partial charge is 0.265 e. The second kappa shape index (κ2) is 19.5. The van der Waals surface area contributed by atoms with Gasteiger partial charge in [-0.2, -0.15) is 0 Å². The zero-order chi connectivity index (χ0) is 51.4. The molecule has 4 N–H and O–H groups in total. The van der Waals surface area contributed by atoms with Crippen LogP contribution in [-0.2, 0) is 25.7 Å². The van der Waals surface area contributed by atoms with Gasteiger partial charge in [0.15, 0.2) is 17.8 Å². The van der Waals surface area contributed by atoms with Crippen LogP contribution in [0.1, 0.15) is 87.7 Å². The number of fused-ring (bicyclic) bond motifs is 2. The van der Waals surface area contributed by atoms with Crippen LogP contribution in [0.5, 0.6) is 0 Å². The highest BCUT2D eigenvalue weighted by atomic mass is 19.2. The normalized spacial score (nSPS) is 18.6. The lowest BCUT2D eigenvalue weighted by Crippen LogP contribution is -2.64. The quantitative estimate of drug-likeness (QED) is 0.0912. The first-order chi connectivity index (χ1) is 35.8. The van der Waals surface area contributed by atoms with Crippen LogP contribution in [0.4, 0.5) is 25.8 Å². The number of likely N-dealkylation sites (tertiary alicyclic amines) is 1. The van der Waals surface area contributed by atoms with Crippen molar-refractivity contribution < 1.29 is 42.1 Å². The average molecular weight is 1000 g/mol. The van der Waals surface area contributed by atoms with E-state index in [9.17, 15) is 37.5 Å². The summed E-state index contributed by atoms with van der Waals surface area (Å²) in [7, 11) is 0. The predicted molar refractivity (Wildman–Crippen MR) is 267 cm³/mol. The molecule has 74 heavy (non-hydrogen) atoms. The van der Waals surface area contributed by atoms with Crippen LogP contribution >= 0.6 is 0 Å². The first kappa shape index (κ1) is 47.8. The number of carbonyl (C=O) groups excluding carboxylic acids is 6. The van der Waals surface area contributed by atoms with E-state index in [4.69, 9.17) is 9.51 Å². The molecule has 3 aromatic heterocycles. The fraction of sp³-hybridized carbons (Fsp3) is 0.278. The van der Waals surface area contributed by atoms with Crippen LogP contribution in [0.3, 0.4) is 0 Å². The minimum atomic E-state index is -1.33. The Morgan fingerprint density at radius 3 is 2.41 bits per heavy atom. The highest BCUT2D eigenvalue weighted by Crippen LogP contribution is 2.41. The van der Waals surface area contributed by atoms with Gasteiger partial charge in [-0.15, -0.1) is 0 Å². The maximum atomic E-state index is 14.7. The summed E-state index contributed by atoms with van der Waals surface area (Å²) in [4.78, 5) is 93.2. The number of hydrogen-bond donors (Lipinski definition) is 4. The van der Waals surface area contributed by atoms with Gasteiger partial charge in [0.25, 0.3) is 17.7 Å². The number of piperazine rings is 1. The highest BCUT2D eigenvalue weighted by molar-refractivity contribution is 6.25. The summed E-state index contributed by atoms with van der Waals surface area (Å²) in [6.45, 7) is 5.04. The van der Waals surface area contributed by atoms with Gasteiger partial charge in [0.2, 0.25) is 17.7 Å². The van der Waals surface area contributed by atoms with Crippen LogP contribution in [0.2, 0.25) is 0 Å². The summed E-state index contributed by atoms with van der Waals surface area (Å²) in [6.07, 6.45) is 3.07. The monoisotopic (exact) mass is 1000 g/mol. The summed E-state index contributed by atoms with van der Waals surface area (Å²) in [5.41, 5.74) is 7.61. The molecule has 1 unspecified atom stereocenters. The third-order valence-electron chi connectivity index (χ3n) is 14.2. The molecule has 4 aromatic carbocycles. The number of aryl methyl sites for hydroxylation is 2. The summed E-state index contributed by atoms with van der Waals surface area (Å²) < 4.78 is 36.6. The van der Waals surface area contributed by atoms with Crippen LogP contribution in [0, 0.1) is 25.5 Å². The van der Waals surface area contributed by atoms with Crippen LogP contribution in [-0.4, -0.2) is 97.3 Å².